The number of rotatable bonds is 6. The van der Waals surface area contributed by atoms with Crippen molar-refractivity contribution in [2.45, 2.75) is 25.0 Å². The quantitative estimate of drug-likeness (QED) is 0.662. The lowest BCUT2D eigenvalue weighted by Crippen LogP contribution is -2.32. The van der Waals surface area contributed by atoms with Gasteiger partial charge in [-0.15, -0.1) is 0 Å². The summed E-state index contributed by atoms with van der Waals surface area (Å²) < 4.78 is 4.84. The second-order valence-electron chi connectivity index (χ2n) is 3.41. The first kappa shape index (κ1) is 11.3. The van der Waals surface area contributed by atoms with E-state index < -0.39 is 0 Å². The maximum atomic E-state index is 9.35. The number of hydrogen-bond acceptors (Lipinski definition) is 4. The predicted octanol–water partition coefficient (Wildman–Crippen LogP) is 0.479. The van der Waals surface area contributed by atoms with Crippen LogP contribution in [0.2, 0.25) is 0 Å². The van der Waals surface area contributed by atoms with Crippen molar-refractivity contribution in [1.82, 2.24) is 5.32 Å². The van der Waals surface area contributed by atoms with E-state index >= 15 is 0 Å². The molecule has 0 aromatic heterocycles. The molecule has 0 saturated carbocycles. The van der Waals surface area contributed by atoms with E-state index in [0.29, 0.717) is 12.6 Å². The first-order chi connectivity index (χ1) is 6.33. The van der Waals surface area contributed by atoms with Crippen molar-refractivity contribution >= 4 is 11.8 Å². The summed E-state index contributed by atoms with van der Waals surface area (Å²) in [5.41, 5.74) is 0. The van der Waals surface area contributed by atoms with Gasteiger partial charge in [-0.1, -0.05) is 0 Å². The SMILES string of the molecule is COCC(O)CCNC1CCSC1. The molecule has 0 aromatic rings. The Labute approximate surface area is 84.2 Å². The Morgan fingerprint density at radius 3 is 3.15 bits per heavy atom. The molecule has 1 aliphatic heterocycles. The van der Waals surface area contributed by atoms with Gasteiger partial charge in [-0.05, 0) is 25.1 Å². The first-order valence-electron chi connectivity index (χ1n) is 4.81. The third kappa shape index (κ3) is 4.86. The van der Waals surface area contributed by atoms with Gasteiger partial charge in [-0.25, -0.2) is 0 Å². The van der Waals surface area contributed by atoms with Crippen molar-refractivity contribution < 1.29 is 9.84 Å². The molecule has 13 heavy (non-hydrogen) atoms. The van der Waals surface area contributed by atoms with Crippen LogP contribution in [0.3, 0.4) is 0 Å². The largest absolute Gasteiger partial charge is 0.391 e. The second-order valence-corrected chi connectivity index (χ2v) is 4.56. The van der Waals surface area contributed by atoms with Gasteiger partial charge < -0.3 is 15.2 Å². The van der Waals surface area contributed by atoms with Crippen LogP contribution in [-0.4, -0.2) is 49.0 Å². The van der Waals surface area contributed by atoms with Gasteiger partial charge in [0.2, 0.25) is 0 Å². The Morgan fingerprint density at radius 2 is 2.54 bits per heavy atom. The molecule has 1 saturated heterocycles. The molecule has 2 unspecified atom stereocenters. The molecule has 0 aliphatic carbocycles. The van der Waals surface area contributed by atoms with Crippen LogP contribution in [0.25, 0.3) is 0 Å². The molecule has 2 atom stereocenters. The number of nitrogens with one attached hydrogen (secondary N) is 1. The van der Waals surface area contributed by atoms with Crippen LogP contribution in [0.4, 0.5) is 0 Å². The Bertz CT molecular complexity index is 129. The monoisotopic (exact) mass is 205 g/mol. The Morgan fingerprint density at radius 1 is 1.69 bits per heavy atom. The predicted molar refractivity (Wildman–Crippen MR) is 56.2 cm³/mol. The standard InChI is InChI=1S/C9H19NO2S/c1-12-6-9(11)2-4-10-8-3-5-13-7-8/h8-11H,2-7H2,1H3. The molecule has 2 N–H and O–H groups in total. The van der Waals surface area contributed by atoms with Crippen LogP contribution in [0.5, 0.6) is 0 Å². The van der Waals surface area contributed by atoms with Gasteiger partial charge in [0.25, 0.3) is 0 Å². The molecule has 0 radical (unpaired) electrons. The van der Waals surface area contributed by atoms with Crippen LogP contribution in [0.1, 0.15) is 12.8 Å². The normalized spacial score (nSPS) is 24.9. The highest BCUT2D eigenvalue weighted by atomic mass is 32.2. The molecular weight excluding hydrogens is 186 g/mol. The Hall–Kier alpha value is 0.230. The summed E-state index contributed by atoms with van der Waals surface area (Å²) in [7, 11) is 1.62. The van der Waals surface area contributed by atoms with E-state index in [1.54, 1.807) is 7.11 Å². The topological polar surface area (TPSA) is 41.5 Å². The van der Waals surface area contributed by atoms with Crippen molar-refractivity contribution in [3.8, 4) is 0 Å². The lowest BCUT2D eigenvalue weighted by atomic mass is 10.2. The molecule has 1 heterocycles. The minimum absolute atomic E-state index is 0.313. The van der Waals surface area contributed by atoms with Gasteiger partial charge in [-0.3, -0.25) is 0 Å². The fourth-order valence-corrected chi connectivity index (χ4v) is 2.61. The summed E-state index contributed by atoms with van der Waals surface area (Å²) in [6.45, 7) is 1.34. The summed E-state index contributed by atoms with van der Waals surface area (Å²) in [6.07, 6.45) is 1.74. The number of ether oxygens (including phenoxy) is 1. The zero-order valence-corrected chi connectivity index (χ0v) is 8.98. The average Bonchev–Trinajstić information content (AvgIpc) is 2.57. The third-order valence-corrected chi connectivity index (χ3v) is 3.36. The van der Waals surface area contributed by atoms with E-state index in [0.717, 1.165) is 13.0 Å². The van der Waals surface area contributed by atoms with Gasteiger partial charge >= 0.3 is 0 Å². The fraction of sp³-hybridized carbons (Fsp3) is 1.00. The molecular formula is C9H19NO2S. The highest BCUT2D eigenvalue weighted by Crippen LogP contribution is 2.16. The first-order valence-corrected chi connectivity index (χ1v) is 5.96. The molecule has 0 aromatic carbocycles. The van der Waals surface area contributed by atoms with Gasteiger partial charge in [0, 0.05) is 18.9 Å². The molecule has 78 valence electrons. The van der Waals surface area contributed by atoms with E-state index in [1.165, 1.54) is 17.9 Å². The smallest absolute Gasteiger partial charge is 0.0785 e. The van der Waals surface area contributed by atoms with Crippen molar-refractivity contribution in [2.24, 2.45) is 0 Å². The number of aliphatic hydroxyl groups excluding tert-OH is 1. The third-order valence-electron chi connectivity index (χ3n) is 2.20. The van der Waals surface area contributed by atoms with Crippen LogP contribution in [-0.2, 0) is 4.74 Å². The van der Waals surface area contributed by atoms with E-state index in [1.807, 2.05) is 11.8 Å². The zero-order valence-electron chi connectivity index (χ0n) is 8.16. The zero-order chi connectivity index (χ0) is 9.52. The van der Waals surface area contributed by atoms with Gasteiger partial charge in [0.1, 0.15) is 0 Å². The van der Waals surface area contributed by atoms with Crippen LogP contribution < -0.4 is 5.32 Å². The Balaban J connectivity index is 1.93. The highest BCUT2D eigenvalue weighted by Gasteiger charge is 2.14. The van der Waals surface area contributed by atoms with Gasteiger partial charge in [0.15, 0.2) is 0 Å². The van der Waals surface area contributed by atoms with Crippen molar-refractivity contribution in [1.29, 1.82) is 0 Å². The number of methoxy groups -OCH3 is 1. The summed E-state index contributed by atoms with van der Waals surface area (Å²) >= 11 is 2.00. The lowest BCUT2D eigenvalue weighted by Gasteiger charge is -2.13. The minimum atomic E-state index is -0.313. The molecule has 4 heteroatoms. The minimum Gasteiger partial charge on any atom is -0.391 e. The maximum absolute atomic E-state index is 9.35. The van der Waals surface area contributed by atoms with E-state index in [-0.39, 0.29) is 6.10 Å². The molecule has 3 nitrogen and oxygen atoms in total. The van der Waals surface area contributed by atoms with E-state index in [2.05, 4.69) is 5.32 Å². The lowest BCUT2D eigenvalue weighted by molar-refractivity contribution is 0.0591. The highest BCUT2D eigenvalue weighted by molar-refractivity contribution is 7.99. The molecule has 0 bridgehead atoms. The average molecular weight is 205 g/mol. The maximum Gasteiger partial charge on any atom is 0.0785 e. The molecule has 0 amide bonds. The van der Waals surface area contributed by atoms with Crippen molar-refractivity contribution in [3.05, 3.63) is 0 Å². The summed E-state index contributed by atoms with van der Waals surface area (Å²) in [4.78, 5) is 0. The summed E-state index contributed by atoms with van der Waals surface area (Å²) in [5, 5.41) is 12.8. The van der Waals surface area contributed by atoms with E-state index in [9.17, 15) is 5.11 Å². The summed E-state index contributed by atoms with van der Waals surface area (Å²) in [6, 6.07) is 0.666. The Kier molecular flexibility index (Phi) is 5.78. The van der Waals surface area contributed by atoms with Crippen LogP contribution in [0, 0.1) is 0 Å². The fourth-order valence-electron chi connectivity index (χ4n) is 1.43. The van der Waals surface area contributed by atoms with Crippen LogP contribution in [0.15, 0.2) is 0 Å². The van der Waals surface area contributed by atoms with Crippen molar-refractivity contribution in [3.63, 3.8) is 0 Å². The molecule has 1 rings (SSSR count). The number of thioether (sulfide) groups is 1. The molecule has 0 spiro atoms. The van der Waals surface area contributed by atoms with Crippen LogP contribution >= 0.6 is 11.8 Å². The van der Waals surface area contributed by atoms with Crippen molar-refractivity contribution in [2.75, 3.05) is 31.8 Å². The second kappa shape index (κ2) is 6.65. The summed E-state index contributed by atoms with van der Waals surface area (Å²) in [5.74, 6) is 2.50. The van der Waals surface area contributed by atoms with Gasteiger partial charge in [0.05, 0.1) is 12.7 Å². The number of aliphatic hydroxyl groups is 1. The number of hydrogen-bond donors (Lipinski definition) is 2. The molecule has 1 fully saturated rings. The van der Waals surface area contributed by atoms with Gasteiger partial charge in [-0.2, -0.15) is 11.8 Å². The molecule has 1 aliphatic rings. The van der Waals surface area contributed by atoms with E-state index in [4.69, 9.17) is 4.74 Å².